The highest BCUT2D eigenvalue weighted by atomic mass is 32.2. The number of hydrogen-bond acceptors (Lipinski definition) is 7. The van der Waals surface area contributed by atoms with Crippen molar-refractivity contribution in [3.63, 3.8) is 0 Å². The lowest BCUT2D eigenvalue weighted by Gasteiger charge is -2.04. The Balaban J connectivity index is 1.54. The number of carbonyl (C=O) groups is 1. The molecule has 3 rings (SSSR count). The normalized spacial score (nSPS) is 11.4. The van der Waals surface area contributed by atoms with Gasteiger partial charge < -0.3 is 4.42 Å². The van der Waals surface area contributed by atoms with Crippen molar-refractivity contribution in [3.8, 4) is 0 Å². The van der Waals surface area contributed by atoms with Crippen LogP contribution < -0.4 is 5.32 Å². The average Bonchev–Trinajstić information content (AvgIpc) is 3.26. The third-order valence-electron chi connectivity index (χ3n) is 3.60. The van der Waals surface area contributed by atoms with E-state index in [1.54, 1.807) is 23.5 Å². The molecule has 2 heterocycles. The second-order valence-electron chi connectivity index (χ2n) is 5.69. The fourth-order valence-corrected chi connectivity index (χ4v) is 4.15. The highest BCUT2D eigenvalue weighted by molar-refractivity contribution is 7.91. The summed E-state index contributed by atoms with van der Waals surface area (Å²) in [5.41, 5.74) is 0.969. The summed E-state index contributed by atoms with van der Waals surface area (Å²) in [5.74, 6) is -0.403. The molecule has 2 aromatic heterocycles. The van der Waals surface area contributed by atoms with Crippen molar-refractivity contribution in [1.29, 1.82) is 0 Å². The van der Waals surface area contributed by atoms with E-state index < -0.39 is 15.7 Å². The number of aromatic nitrogens is 2. The minimum atomic E-state index is -3.52. The fourth-order valence-electron chi connectivity index (χ4n) is 2.21. The predicted molar refractivity (Wildman–Crippen MR) is 97.9 cm³/mol. The van der Waals surface area contributed by atoms with E-state index in [1.165, 1.54) is 12.1 Å². The van der Waals surface area contributed by atoms with Gasteiger partial charge in [0.25, 0.3) is 0 Å². The standard InChI is InChI=1S/C17H17N3O4S2/c1-12-4-6-14(7-5-12)26(22,23)10-8-15(21)18-17-20-19-16(24-17)11-13-3-2-9-25-13/h2-7,9H,8,10-11H2,1H3,(H,18,20,21). The van der Waals surface area contributed by atoms with Crippen LogP contribution in [0, 0.1) is 6.92 Å². The van der Waals surface area contributed by atoms with Crippen LogP contribution in [0.1, 0.15) is 22.8 Å². The number of nitrogens with zero attached hydrogens (tertiary/aromatic N) is 2. The van der Waals surface area contributed by atoms with E-state index in [4.69, 9.17) is 4.42 Å². The first-order chi connectivity index (χ1) is 12.4. The molecule has 1 N–H and O–H groups in total. The van der Waals surface area contributed by atoms with E-state index in [-0.39, 0.29) is 23.1 Å². The first-order valence-corrected chi connectivity index (χ1v) is 10.4. The molecular weight excluding hydrogens is 374 g/mol. The molecule has 1 aromatic carbocycles. The van der Waals surface area contributed by atoms with Crippen LogP contribution in [0.3, 0.4) is 0 Å². The van der Waals surface area contributed by atoms with Crippen LogP contribution in [-0.2, 0) is 21.1 Å². The average molecular weight is 391 g/mol. The largest absolute Gasteiger partial charge is 0.407 e. The highest BCUT2D eigenvalue weighted by Crippen LogP contribution is 2.16. The molecule has 0 unspecified atom stereocenters. The number of anilines is 1. The number of nitrogens with one attached hydrogen (secondary N) is 1. The van der Waals surface area contributed by atoms with E-state index in [0.29, 0.717) is 12.3 Å². The van der Waals surface area contributed by atoms with Crippen LogP contribution >= 0.6 is 11.3 Å². The quantitative estimate of drug-likeness (QED) is 0.664. The fraction of sp³-hybridized carbons (Fsp3) is 0.235. The van der Waals surface area contributed by atoms with Crippen LogP contribution in [0.15, 0.2) is 51.1 Å². The highest BCUT2D eigenvalue weighted by Gasteiger charge is 2.17. The zero-order valence-electron chi connectivity index (χ0n) is 14.0. The molecule has 0 aliphatic heterocycles. The lowest BCUT2D eigenvalue weighted by molar-refractivity contribution is -0.116. The molecule has 0 atom stereocenters. The summed E-state index contributed by atoms with van der Waals surface area (Å²) in [6.45, 7) is 1.88. The van der Waals surface area contributed by atoms with Gasteiger partial charge in [-0.1, -0.05) is 28.9 Å². The SMILES string of the molecule is Cc1ccc(S(=O)(=O)CCC(=O)Nc2nnc(Cc3cccs3)o2)cc1. The Morgan fingerprint density at radius 3 is 2.65 bits per heavy atom. The molecule has 0 aliphatic rings. The van der Waals surface area contributed by atoms with Crippen molar-refractivity contribution in [2.75, 3.05) is 11.1 Å². The van der Waals surface area contributed by atoms with E-state index in [1.807, 2.05) is 24.4 Å². The Morgan fingerprint density at radius 1 is 1.19 bits per heavy atom. The van der Waals surface area contributed by atoms with Gasteiger partial charge in [-0.3, -0.25) is 10.1 Å². The Labute approximate surface area is 155 Å². The second-order valence-corrected chi connectivity index (χ2v) is 8.83. The minimum Gasteiger partial charge on any atom is -0.407 e. The summed E-state index contributed by atoms with van der Waals surface area (Å²) < 4.78 is 29.9. The molecule has 0 bridgehead atoms. The number of aryl methyl sites for hydroxylation is 1. The number of rotatable bonds is 7. The van der Waals surface area contributed by atoms with Crippen molar-refractivity contribution >= 4 is 33.1 Å². The maximum absolute atomic E-state index is 12.3. The number of thiophene rings is 1. The van der Waals surface area contributed by atoms with Gasteiger partial charge in [-0.25, -0.2) is 8.42 Å². The molecular formula is C17H17N3O4S2. The van der Waals surface area contributed by atoms with Crippen LogP contribution in [0.5, 0.6) is 0 Å². The molecule has 26 heavy (non-hydrogen) atoms. The molecule has 0 spiro atoms. The summed E-state index contributed by atoms with van der Waals surface area (Å²) in [5, 5.41) is 12.0. The molecule has 9 heteroatoms. The van der Waals surface area contributed by atoms with Crippen molar-refractivity contribution in [1.82, 2.24) is 10.2 Å². The Kier molecular flexibility index (Phi) is 5.48. The van der Waals surface area contributed by atoms with E-state index >= 15 is 0 Å². The second kappa shape index (κ2) is 7.79. The summed E-state index contributed by atoms with van der Waals surface area (Å²) in [6.07, 6.45) is 0.293. The van der Waals surface area contributed by atoms with Crippen LogP contribution in [0.25, 0.3) is 0 Å². The molecule has 136 valence electrons. The summed E-state index contributed by atoms with van der Waals surface area (Å²) in [6, 6.07) is 10.4. The molecule has 0 saturated heterocycles. The first-order valence-electron chi connectivity index (χ1n) is 7.86. The smallest absolute Gasteiger partial charge is 0.322 e. The summed E-state index contributed by atoms with van der Waals surface area (Å²) >= 11 is 1.57. The van der Waals surface area contributed by atoms with Gasteiger partial charge in [0.05, 0.1) is 17.1 Å². The third kappa shape index (κ3) is 4.77. The maximum atomic E-state index is 12.3. The van der Waals surface area contributed by atoms with Crippen molar-refractivity contribution in [2.24, 2.45) is 0 Å². The Hall–Kier alpha value is -2.52. The van der Waals surface area contributed by atoms with Crippen LogP contribution in [-0.4, -0.2) is 30.3 Å². The van der Waals surface area contributed by atoms with Crippen LogP contribution in [0.4, 0.5) is 6.01 Å². The Bertz CT molecular complexity index is 977. The lowest BCUT2D eigenvalue weighted by Crippen LogP contribution is -2.17. The van der Waals surface area contributed by atoms with Gasteiger partial charge in [-0.05, 0) is 30.5 Å². The molecule has 7 nitrogen and oxygen atoms in total. The topological polar surface area (TPSA) is 102 Å². The number of sulfone groups is 1. The zero-order valence-corrected chi connectivity index (χ0v) is 15.6. The van der Waals surface area contributed by atoms with E-state index in [2.05, 4.69) is 15.5 Å². The molecule has 0 aliphatic carbocycles. The van der Waals surface area contributed by atoms with Crippen molar-refractivity contribution in [2.45, 2.75) is 24.7 Å². The summed E-state index contributed by atoms with van der Waals surface area (Å²) in [4.78, 5) is 13.2. The van der Waals surface area contributed by atoms with Gasteiger partial charge in [0, 0.05) is 11.3 Å². The molecule has 0 radical (unpaired) electrons. The summed E-state index contributed by atoms with van der Waals surface area (Å²) in [7, 11) is -3.52. The van der Waals surface area contributed by atoms with Gasteiger partial charge >= 0.3 is 6.01 Å². The Morgan fingerprint density at radius 2 is 1.96 bits per heavy atom. The number of amides is 1. The van der Waals surface area contributed by atoms with Crippen molar-refractivity contribution < 1.29 is 17.6 Å². The van der Waals surface area contributed by atoms with Crippen molar-refractivity contribution in [3.05, 3.63) is 58.1 Å². The third-order valence-corrected chi connectivity index (χ3v) is 6.21. The maximum Gasteiger partial charge on any atom is 0.322 e. The molecule has 0 fully saturated rings. The monoisotopic (exact) mass is 391 g/mol. The number of carbonyl (C=O) groups excluding carboxylic acids is 1. The molecule has 1 amide bonds. The number of benzene rings is 1. The van der Waals surface area contributed by atoms with Gasteiger partial charge in [-0.15, -0.1) is 16.4 Å². The molecule has 3 aromatic rings. The predicted octanol–water partition coefficient (Wildman–Crippen LogP) is 2.83. The first kappa shape index (κ1) is 18.3. The zero-order chi connectivity index (χ0) is 18.6. The number of hydrogen-bond donors (Lipinski definition) is 1. The van der Waals surface area contributed by atoms with Gasteiger partial charge in [0.1, 0.15) is 0 Å². The van der Waals surface area contributed by atoms with Gasteiger partial charge in [-0.2, -0.15) is 0 Å². The van der Waals surface area contributed by atoms with Gasteiger partial charge in [0.15, 0.2) is 9.84 Å². The minimum absolute atomic E-state index is 0.0331. The van der Waals surface area contributed by atoms with Crippen LogP contribution in [0.2, 0.25) is 0 Å². The van der Waals surface area contributed by atoms with Gasteiger partial charge in [0.2, 0.25) is 11.8 Å². The van der Waals surface area contributed by atoms with E-state index in [9.17, 15) is 13.2 Å². The molecule has 0 saturated carbocycles. The lowest BCUT2D eigenvalue weighted by atomic mass is 10.2. The van der Waals surface area contributed by atoms with E-state index in [0.717, 1.165) is 10.4 Å².